The van der Waals surface area contributed by atoms with Gasteiger partial charge < -0.3 is 14.2 Å². The molecule has 1 atom stereocenters. The maximum atomic E-state index is 13.2. The van der Waals surface area contributed by atoms with Crippen LogP contribution in [0.25, 0.3) is 11.3 Å². The van der Waals surface area contributed by atoms with Crippen molar-refractivity contribution in [1.29, 1.82) is 0 Å². The first-order chi connectivity index (χ1) is 18.2. The van der Waals surface area contributed by atoms with Gasteiger partial charge in [-0.05, 0) is 42.3 Å². The summed E-state index contributed by atoms with van der Waals surface area (Å²) in [6.45, 7) is 1.78. The molecule has 0 bridgehead atoms. The first-order valence-corrected chi connectivity index (χ1v) is 13.3. The van der Waals surface area contributed by atoms with E-state index >= 15 is 0 Å². The number of likely N-dealkylation sites (N-methyl/N-ethyl adjacent to an activating group) is 1. The van der Waals surface area contributed by atoms with Crippen molar-refractivity contribution in [3.63, 3.8) is 0 Å². The van der Waals surface area contributed by atoms with Gasteiger partial charge in [-0.25, -0.2) is 8.42 Å². The fourth-order valence-electron chi connectivity index (χ4n) is 4.65. The van der Waals surface area contributed by atoms with Crippen molar-refractivity contribution in [1.82, 2.24) is 14.2 Å². The van der Waals surface area contributed by atoms with E-state index in [-0.39, 0.29) is 10.9 Å². The standard InChI is InChI=1S/C26H30N4O7S/c1-28(38(33,34)25-8-6-5-7-22(25)30(31)32)20-10-12-29(17-20)16-18-9-11-27-21(13-18)19-14-23(35-2)26(37-4)24(15-19)36-3/h5-9,11,13-15,20H,10,12,16-17H2,1-4H3. The highest BCUT2D eigenvalue weighted by Crippen LogP contribution is 2.41. The lowest BCUT2D eigenvalue weighted by molar-refractivity contribution is -0.387. The molecule has 1 aliphatic rings. The van der Waals surface area contributed by atoms with Crippen LogP contribution in [0.15, 0.2) is 59.6 Å². The van der Waals surface area contributed by atoms with Crippen molar-refractivity contribution in [2.45, 2.75) is 23.9 Å². The van der Waals surface area contributed by atoms with Gasteiger partial charge in [0.05, 0.1) is 31.9 Å². The summed E-state index contributed by atoms with van der Waals surface area (Å²) in [5, 5.41) is 11.4. The van der Waals surface area contributed by atoms with Crippen LogP contribution in [0, 0.1) is 10.1 Å². The SMILES string of the molecule is COc1cc(-c2cc(CN3CCC(N(C)S(=O)(=O)c4ccccc4[N+](=O)[O-])C3)ccn2)cc(OC)c1OC. The van der Waals surface area contributed by atoms with Gasteiger partial charge >= 0.3 is 0 Å². The predicted octanol–water partition coefficient (Wildman–Crippen LogP) is 3.58. The molecule has 0 aliphatic carbocycles. The van der Waals surface area contributed by atoms with Crippen molar-refractivity contribution < 1.29 is 27.6 Å². The summed E-state index contributed by atoms with van der Waals surface area (Å²) in [6, 6.07) is 12.7. The van der Waals surface area contributed by atoms with E-state index in [1.54, 1.807) is 27.5 Å². The smallest absolute Gasteiger partial charge is 0.289 e. The summed E-state index contributed by atoms with van der Waals surface area (Å²) in [7, 11) is 2.11. The highest BCUT2D eigenvalue weighted by Gasteiger charge is 2.36. The van der Waals surface area contributed by atoms with Gasteiger partial charge in [-0.2, -0.15) is 4.31 Å². The van der Waals surface area contributed by atoms with E-state index in [0.29, 0.717) is 43.3 Å². The number of hydrogen-bond donors (Lipinski definition) is 0. The molecule has 0 spiro atoms. The number of hydrogen-bond acceptors (Lipinski definition) is 9. The average Bonchev–Trinajstić information content (AvgIpc) is 3.39. The summed E-state index contributed by atoms with van der Waals surface area (Å²) in [5.74, 6) is 1.55. The second-order valence-electron chi connectivity index (χ2n) is 8.89. The number of benzene rings is 2. The van der Waals surface area contributed by atoms with Crippen LogP contribution in [0.4, 0.5) is 5.69 Å². The van der Waals surface area contributed by atoms with Crippen molar-refractivity contribution in [2.75, 3.05) is 41.5 Å². The fourth-order valence-corrected chi connectivity index (χ4v) is 6.18. The lowest BCUT2D eigenvalue weighted by Crippen LogP contribution is -2.39. The molecule has 1 aromatic heterocycles. The van der Waals surface area contributed by atoms with E-state index < -0.39 is 20.6 Å². The minimum atomic E-state index is -4.04. The molecular formula is C26H30N4O7S. The quantitative estimate of drug-likeness (QED) is 0.279. The van der Waals surface area contributed by atoms with Crippen LogP contribution in [-0.2, 0) is 16.6 Å². The molecule has 11 nitrogen and oxygen atoms in total. The predicted molar refractivity (Wildman–Crippen MR) is 141 cm³/mol. The number of methoxy groups -OCH3 is 3. The Hall–Kier alpha value is -3.74. The minimum absolute atomic E-state index is 0.296. The van der Waals surface area contributed by atoms with Crippen molar-refractivity contribution in [3.8, 4) is 28.5 Å². The van der Waals surface area contributed by atoms with Crippen molar-refractivity contribution in [2.24, 2.45) is 0 Å². The van der Waals surface area contributed by atoms with Crippen molar-refractivity contribution >= 4 is 15.7 Å². The van der Waals surface area contributed by atoms with Crippen LogP contribution in [0.3, 0.4) is 0 Å². The molecule has 202 valence electrons. The molecule has 4 rings (SSSR count). The summed E-state index contributed by atoms with van der Waals surface area (Å²) < 4.78 is 44.0. The molecule has 1 aliphatic heterocycles. The third-order valence-corrected chi connectivity index (χ3v) is 8.63. The third-order valence-electron chi connectivity index (χ3n) is 6.67. The van der Waals surface area contributed by atoms with Crippen LogP contribution >= 0.6 is 0 Å². The van der Waals surface area contributed by atoms with Gasteiger partial charge in [0.15, 0.2) is 16.4 Å². The van der Waals surface area contributed by atoms with E-state index in [2.05, 4.69) is 9.88 Å². The van der Waals surface area contributed by atoms with E-state index in [1.165, 1.54) is 35.6 Å². The highest BCUT2D eigenvalue weighted by atomic mass is 32.2. The number of rotatable bonds is 10. The molecule has 0 saturated carbocycles. The Kier molecular flexibility index (Phi) is 8.14. The van der Waals surface area contributed by atoms with Gasteiger partial charge in [0.1, 0.15) is 0 Å². The van der Waals surface area contributed by atoms with Gasteiger partial charge in [0, 0.05) is 50.6 Å². The Morgan fingerprint density at radius 3 is 2.39 bits per heavy atom. The molecule has 3 aromatic rings. The van der Waals surface area contributed by atoms with Crippen LogP contribution in [0.1, 0.15) is 12.0 Å². The normalized spacial score (nSPS) is 16.0. The molecule has 1 saturated heterocycles. The van der Waals surface area contributed by atoms with E-state index in [0.717, 1.165) is 16.8 Å². The maximum absolute atomic E-state index is 13.2. The Balaban J connectivity index is 1.50. The van der Waals surface area contributed by atoms with Crippen LogP contribution in [0.5, 0.6) is 17.2 Å². The zero-order chi connectivity index (χ0) is 27.4. The van der Waals surface area contributed by atoms with E-state index in [1.807, 2.05) is 24.3 Å². The number of para-hydroxylation sites is 1. The number of likely N-dealkylation sites (tertiary alicyclic amines) is 1. The molecule has 2 heterocycles. The largest absolute Gasteiger partial charge is 0.493 e. The number of sulfonamides is 1. The highest BCUT2D eigenvalue weighted by molar-refractivity contribution is 7.89. The molecule has 38 heavy (non-hydrogen) atoms. The molecule has 0 radical (unpaired) electrons. The lowest BCUT2D eigenvalue weighted by Gasteiger charge is -2.24. The summed E-state index contributed by atoms with van der Waals surface area (Å²) >= 11 is 0. The zero-order valence-electron chi connectivity index (χ0n) is 21.7. The monoisotopic (exact) mass is 542 g/mol. The van der Waals surface area contributed by atoms with Gasteiger partial charge in [0.25, 0.3) is 5.69 Å². The van der Waals surface area contributed by atoms with Gasteiger partial charge in [0.2, 0.25) is 15.8 Å². The average molecular weight is 543 g/mol. The number of pyridine rings is 1. The summed E-state index contributed by atoms with van der Waals surface area (Å²) in [4.78, 5) is 17.1. The molecule has 1 unspecified atom stereocenters. The first-order valence-electron chi connectivity index (χ1n) is 11.9. The second-order valence-corrected chi connectivity index (χ2v) is 10.9. The third kappa shape index (κ3) is 5.42. The number of nitro groups is 1. The molecule has 0 amide bonds. The number of aromatic nitrogens is 1. The maximum Gasteiger partial charge on any atom is 0.289 e. The molecule has 2 aromatic carbocycles. The van der Waals surface area contributed by atoms with Crippen LogP contribution < -0.4 is 14.2 Å². The molecular weight excluding hydrogens is 512 g/mol. The lowest BCUT2D eigenvalue weighted by atomic mass is 10.1. The second kappa shape index (κ2) is 11.3. The fraction of sp³-hybridized carbons (Fsp3) is 0.346. The Labute approximate surface area is 221 Å². The Bertz CT molecular complexity index is 1410. The summed E-state index contributed by atoms with van der Waals surface area (Å²) in [5.41, 5.74) is 2.11. The first kappa shape index (κ1) is 27.3. The van der Waals surface area contributed by atoms with Gasteiger partial charge in [-0.1, -0.05) is 12.1 Å². The minimum Gasteiger partial charge on any atom is -0.493 e. The topological polar surface area (TPSA) is 124 Å². The van der Waals surface area contributed by atoms with Crippen LogP contribution in [0.2, 0.25) is 0 Å². The molecule has 12 heteroatoms. The molecule has 0 N–H and O–H groups in total. The van der Waals surface area contributed by atoms with Gasteiger partial charge in [-0.3, -0.25) is 20.0 Å². The Morgan fingerprint density at radius 2 is 1.76 bits per heavy atom. The summed E-state index contributed by atoms with van der Waals surface area (Å²) in [6.07, 6.45) is 2.34. The van der Waals surface area contributed by atoms with E-state index in [4.69, 9.17) is 14.2 Å². The van der Waals surface area contributed by atoms with E-state index in [9.17, 15) is 18.5 Å². The molecule has 1 fully saturated rings. The van der Waals surface area contributed by atoms with Crippen LogP contribution in [-0.4, -0.2) is 75.0 Å². The Morgan fingerprint density at radius 1 is 1.08 bits per heavy atom. The zero-order valence-corrected chi connectivity index (χ0v) is 22.5. The van der Waals surface area contributed by atoms with Gasteiger partial charge in [-0.15, -0.1) is 0 Å². The number of nitro benzene ring substituents is 1. The number of nitrogens with zero attached hydrogens (tertiary/aromatic N) is 4. The number of ether oxygens (including phenoxy) is 3. The van der Waals surface area contributed by atoms with Crippen molar-refractivity contribution in [3.05, 3.63) is 70.4 Å².